The molecule has 0 aliphatic carbocycles. The van der Waals surface area contributed by atoms with Crippen molar-refractivity contribution in [2.45, 2.75) is 20.8 Å². The van der Waals surface area contributed by atoms with Gasteiger partial charge >= 0.3 is 0 Å². The molecule has 0 fully saturated rings. The van der Waals surface area contributed by atoms with Crippen LogP contribution in [-0.2, 0) is 0 Å². The molecule has 1 aromatic carbocycles. The lowest BCUT2D eigenvalue weighted by Crippen LogP contribution is -2.19. The van der Waals surface area contributed by atoms with Crippen LogP contribution in [0.5, 0.6) is 0 Å². The van der Waals surface area contributed by atoms with Gasteiger partial charge in [-0.05, 0) is 32.9 Å². The first-order valence-electron chi connectivity index (χ1n) is 5.96. The molecule has 4 heteroatoms. The predicted octanol–water partition coefficient (Wildman–Crippen LogP) is 3.90. The van der Waals surface area contributed by atoms with E-state index in [1.54, 1.807) is 0 Å². The highest BCUT2D eigenvalue weighted by atomic mass is 35.5. The second kappa shape index (κ2) is 5.36. The van der Waals surface area contributed by atoms with E-state index in [0.717, 1.165) is 23.6 Å². The fraction of sp³-hybridized carbons (Fsp3) is 0.286. The van der Waals surface area contributed by atoms with Crippen molar-refractivity contribution < 1.29 is 0 Å². The van der Waals surface area contributed by atoms with Gasteiger partial charge in [-0.3, -0.25) is 0 Å². The molecule has 1 aromatic heterocycles. The number of hydrogen-bond donors (Lipinski definition) is 0. The molecule has 0 atom stereocenters. The van der Waals surface area contributed by atoms with E-state index < -0.39 is 0 Å². The minimum absolute atomic E-state index is 0.520. The third kappa shape index (κ3) is 2.46. The number of aromatic nitrogens is 2. The largest absolute Gasteiger partial charge is 0.326 e. The molecule has 1 heterocycles. The summed E-state index contributed by atoms with van der Waals surface area (Å²) in [6.07, 6.45) is 0. The predicted molar refractivity (Wildman–Crippen MR) is 75.6 cm³/mol. The molecule has 0 aliphatic rings. The summed E-state index contributed by atoms with van der Waals surface area (Å²) in [5.41, 5.74) is 2.02. The van der Waals surface area contributed by atoms with Crippen LogP contribution in [0.3, 0.4) is 0 Å². The van der Waals surface area contributed by atoms with E-state index in [2.05, 4.69) is 33.9 Å². The minimum Gasteiger partial charge on any atom is -0.326 e. The monoisotopic (exact) mass is 261 g/mol. The summed E-state index contributed by atoms with van der Waals surface area (Å²) in [5, 5.41) is 0.520. The van der Waals surface area contributed by atoms with E-state index in [-0.39, 0.29) is 0 Å². The summed E-state index contributed by atoms with van der Waals surface area (Å²) >= 11 is 6.13. The summed E-state index contributed by atoms with van der Waals surface area (Å²) in [4.78, 5) is 10.8. The van der Waals surface area contributed by atoms with Crippen molar-refractivity contribution in [1.29, 1.82) is 0 Å². The Balaban J connectivity index is 2.52. The lowest BCUT2D eigenvalue weighted by atomic mass is 10.2. The van der Waals surface area contributed by atoms with Gasteiger partial charge in [0.05, 0.1) is 0 Å². The Hall–Kier alpha value is -1.61. The number of nitrogens with zero attached hydrogens (tertiary/aromatic N) is 3. The zero-order valence-corrected chi connectivity index (χ0v) is 11.6. The fourth-order valence-corrected chi connectivity index (χ4v) is 2.11. The molecule has 0 bridgehead atoms. The van der Waals surface area contributed by atoms with E-state index in [9.17, 15) is 0 Å². The normalized spacial score (nSPS) is 10.4. The summed E-state index contributed by atoms with van der Waals surface area (Å²) in [7, 11) is 0. The van der Waals surface area contributed by atoms with E-state index in [4.69, 9.17) is 11.6 Å². The summed E-state index contributed by atoms with van der Waals surface area (Å²) in [6, 6.07) is 10.2. The van der Waals surface area contributed by atoms with Crippen LogP contribution in [-0.4, -0.2) is 16.5 Å². The van der Waals surface area contributed by atoms with Crippen LogP contribution in [0.25, 0.3) is 0 Å². The van der Waals surface area contributed by atoms with Gasteiger partial charge in [-0.25, -0.2) is 9.97 Å². The van der Waals surface area contributed by atoms with Crippen molar-refractivity contribution >= 4 is 23.1 Å². The zero-order chi connectivity index (χ0) is 13.1. The Morgan fingerprint density at radius 1 is 1.11 bits per heavy atom. The molecule has 2 aromatic rings. The van der Waals surface area contributed by atoms with Gasteiger partial charge in [0.15, 0.2) is 0 Å². The number of halogens is 1. The lowest BCUT2D eigenvalue weighted by molar-refractivity contribution is 0.937. The molecule has 0 aliphatic heterocycles. The molecule has 0 spiro atoms. The minimum atomic E-state index is 0.520. The first-order valence-corrected chi connectivity index (χ1v) is 6.34. The topological polar surface area (TPSA) is 29.0 Å². The van der Waals surface area contributed by atoms with Gasteiger partial charge in [-0.15, -0.1) is 0 Å². The third-order valence-electron chi connectivity index (χ3n) is 2.81. The van der Waals surface area contributed by atoms with Crippen LogP contribution >= 0.6 is 11.6 Å². The lowest BCUT2D eigenvalue weighted by Gasteiger charge is -2.24. The highest BCUT2D eigenvalue weighted by molar-refractivity contribution is 6.30. The molecule has 3 nitrogen and oxygen atoms in total. The van der Waals surface area contributed by atoms with Gasteiger partial charge in [0.25, 0.3) is 0 Å². The van der Waals surface area contributed by atoms with Gasteiger partial charge in [0.2, 0.25) is 0 Å². The standard InChI is InChI=1S/C14H16ClN3/c1-4-18(12-8-6-5-7-9-12)14-10(2)13(15)16-11(3)17-14/h5-9H,4H2,1-3H3. The number of rotatable bonds is 3. The molecule has 0 amide bonds. The first kappa shape index (κ1) is 12.8. The van der Waals surface area contributed by atoms with Crippen molar-refractivity contribution in [2.75, 3.05) is 11.4 Å². The molecule has 0 saturated heterocycles. The van der Waals surface area contributed by atoms with Crippen LogP contribution in [0.1, 0.15) is 18.3 Å². The number of anilines is 2. The Bertz CT molecular complexity index is 540. The van der Waals surface area contributed by atoms with Crippen molar-refractivity contribution in [3.05, 3.63) is 46.9 Å². The van der Waals surface area contributed by atoms with Crippen LogP contribution < -0.4 is 4.90 Å². The summed E-state index contributed by atoms with van der Waals surface area (Å²) < 4.78 is 0. The van der Waals surface area contributed by atoms with Crippen molar-refractivity contribution in [2.24, 2.45) is 0 Å². The van der Waals surface area contributed by atoms with Gasteiger partial charge in [0, 0.05) is 17.8 Å². The van der Waals surface area contributed by atoms with Gasteiger partial charge < -0.3 is 4.90 Å². The number of aryl methyl sites for hydroxylation is 1. The molecule has 2 rings (SSSR count). The maximum Gasteiger partial charge on any atom is 0.141 e. The Morgan fingerprint density at radius 2 is 1.78 bits per heavy atom. The van der Waals surface area contributed by atoms with E-state index in [1.807, 2.05) is 32.0 Å². The molecule has 0 radical (unpaired) electrons. The molecule has 94 valence electrons. The second-order valence-corrected chi connectivity index (χ2v) is 4.45. The van der Waals surface area contributed by atoms with Crippen molar-refractivity contribution in [3.8, 4) is 0 Å². The fourth-order valence-electron chi connectivity index (χ4n) is 1.91. The van der Waals surface area contributed by atoms with Gasteiger partial charge in [-0.1, -0.05) is 29.8 Å². The average Bonchev–Trinajstić information content (AvgIpc) is 2.37. The molecule has 18 heavy (non-hydrogen) atoms. The highest BCUT2D eigenvalue weighted by Gasteiger charge is 2.14. The van der Waals surface area contributed by atoms with Crippen LogP contribution in [0.15, 0.2) is 30.3 Å². The van der Waals surface area contributed by atoms with E-state index >= 15 is 0 Å². The summed E-state index contributed by atoms with van der Waals surface area (Å²) in [5.74, 6) is 1.57. The smallest absolute Gasteiger partial charge is 0.141 e. The summed E-state index contributed by atoms with van der Waals surface area (Å²) in [6.45, 7) is 6.73. The third-order valence-corrected chi connectivity index (χ3v) is 3.18. The highest BCUT2D eigenvalue weighted by Crippen LogP contribution is 2.29. The van der Waals surface area contributed by atoms with Crippen molar-refractivity contribution in [1.82, 2.24) is 9.97 Å². The zero-order valence-electron chi connectivity index (χ0n) is 10.8. The van der Waals surface area contributed by atoms with Crippen molar-refractivity contribution in [3.63, 3.8) is 0 Å². The maximum absolute atomic E-state index is 6.13. The second-order valence-electron chi connectivity index (χ2n) is 4.09. The van der Waals surface area contributed by atoms with Gasteiger partial charge in [0.1, 0.15) is 16.8 Å². The molecular formula is C14H16ClN3. The van der Waals surface area contributed by atoms with E-state index in [1.165, 1.54) is 0 Å². The van der Waals surface area contributed by atoms with Crippen LogP contribution in [0.2, 0.25) is 5.15 Å². The van der Waals surface area contributed by atoms with E-state index in [0.29, 0.717) is 11.0 Å². The average molecular weight is 262 g/mol. The number of para-hydroxylation sites is 1. The Morgan fingerprint density at radius 3 is 2.39 bits per heavy atom. The maximum atomic E-state index is 6.13. The molecule has 0 unspecified atom stereocenters. The van der Waals surface area contributed by atoms with Crippen LogP contribution in [0, 0.1) is 13.8 Å². The first-order chi connectivity index (χ1) is 8.63. The molecular weight excluding hydrogens is 246 g/mol. The number of hydrogen-bond acceptors (Lipinski definition) is 3. The Kier molecular flexibility index (Phi) is 3.82. The molecule has 0 N–H and O–H groups in total. The SMILES string of the molecule is CCN(c1ccccc1)c1nc(C)nc(Cl)c1C. The van der Waals surface area contributed by atoms with Crippen LogP contribution in [0.4, 0.5) is 11.5 Å². The quantitative estimate of drug-likeness (QED) is 0.785. The van der Waals surface area contributed by atoms with Gasteiger partial charge in [-0.2, -0.15) is 0 Å². The molecule has 0 saturated carbocycles. The number of benzene rings is 1. The Labute approximate surface area is 112 Å².